The summed E-state index contributed by atoms with van der Waals surface area (Å²) in [5.74, 6) is 1.26. The topological polar surface area (TPSA) is 41.6 Å². The summed E-state index contributed by atoms with van der Waals surface area (Å²) in [5.41, 5.74) is 1.21. The van der Waals surface area contributed by atoms with Crippen molar-refractivity contribution in [1.82, 2.24) is 10.2 Å². The SMILES string of the molecule is Cc1cc(F)cc(C(=O)NC[C@H]2[C@H]3CN(CC4CC4)C[C@]34CC[C@H]2O4)c1. The Balaban J connectivity index is 1.25. The van der Waals surface area contributed by atoms with Crippen LogP contribution in [0, 0.1) is 30.5 Å². The Kier molecular flexibility index (Phi) is 3.87. The lowest BCUT2D eigenvalue weighted by Crippen LogP contribution is -2.41. The minimum Gasteiger partial charge on any atom is -0.370 e. The Hall–Kier alpha value is -1.46. The van der Waals surface area contributed by atoms with Crippen molar-refractivity contribution in [3.8, 4) is 0 Å². The molecule has 1 N–H and O–H groups in total. The van der Waals surface area contributed by atoms with Crippen molar-refractivity contribution in [3.63, 3.8) is 0 Å². The average Bonchev–Trinajstić information content (AvgIpc) is 3.09. The second kappa shape index (κ2) is 6.03. The first kappa shape index (κ1) is 16.7. The first-order chi connectivity index (χ1) is 12.5. The summed E-state index contributed by atoms with van der Waals surface area (Å²) < 4.78 is 20.0. The molecule has 140 valence electrons. The standard InChI is InChI=1S/C21H27FN2O2/c1-13-6-15(8-16(22)7-13)20(25)23-9-17-18-11-24(10-14-2-3-14)12-21(18)5-4-19(17)26-21/h6-8,14,17-19H,2-5,9-12H2,1H3,(H,23,25)/t17-,18+,19+,21+/m0/s1. The summed E-state index contributed by atoms with van der Waals surface area (Å²) in [4.78, 5) is 15.1. The second-order valence-corrected chi connectivity index (χ2v) is 8.89. The third-order valence-electron chi connectivity index (χ3n) is 6.87. The molecule has 2 bridgehead atoms. The van der Waals surface area contributed by atoms with Gasteiger partial charge in [-0.15, -0.1) is 0 Å². The number of halogens is 1. The Morgan fingerprint density at radius 2 is 2.19 bits per heavy atom. The maximum absolute atomic E-state index is 13.6. The lowest BCUT2D eigenvalue weighted by atomic mass is 9.73. The number of carbonyl (C=O) groups is 1. The summed E-state index contributed by atoms with van der Waals surface area (Å²) in [7, 11) is 0. The highest BCUT2D eigenvalue weighted by Crippen LogP contribution is 2.55. The van der Waals surface area contributed by atoms with Gasteiger partial charge in [0.2, 0.25) is 0 Å². The normalized spacial score (nSPS) is 35.7. The monoisotopic (exact) mass is 358 g/mol. The van der Waals surface area contributed by atoms with Gasteiger partial charge in [0.15, 0.2) is 0 Å². The lowest BCUT2D eigenvalue weighted by Gasteiger charge is -2.29. The first-order valence-electron chi connectivity index (χ1n) is 9.98. The summed E-state index contributed by atoms with van der Waals surface area (Å²) in [6, 6.07) is 4.50. The smallest absolute Gasteiger partial charge is 0.251 e. The highest BCUT2D eigenvalue weighted by atomic mass is 19.1. The van der Waals surface area contributed by atoms with Crippen molar-refractivity contribution >= 4 is 5.91 Å². The number of likely N-dealkylation sites (tertiary alicyclic amines) is 1. The van der Waals surface area contributed by atoms with Crippen molar-refractivity contribution in [2.45, 2.75) is 44.3 Å². The van der Waals surface area contributed by atoms with Crippen LogP contribution in [0.1, 0.15) is 41.6 Å². The number of nitrogens with zero attached hydrogens (tertiary/aromatic N) is 1. The number of amides is 1. The predicted molar refractivity (Wildman–Crippen MR) is 96.5 cm³/mol. The molecule has 0 aromatic heterocycles. The Morgan fingerprint density at radius 1 is 1.35 bits per heavy atom. The molecule has 0 unspecified atom stereocenters. The lowest BCUT2D eigenvalue weighted by molar-refractivity contribution is 0.00244. The summed E-state index contributed by atoms with van der Waals surface area (Å²) in [5, 5.41) is 3.05. The van der Waals surface area contributed by atoms with Gasteiger partial charge in [-0.25, -0.2) is 4.39 Å². The number of nitrogens with one attached hydrogen (secondary N) is 1. The van der Waals surface area contributed by atoms with Crippen molar-refractivity contribution in [2.24, 2.45) is 17.8 Å². The van der Waals surface area contributed by atoms with Crippen molar-refractivity contribution < 1.29 is 13.9 Å². The molecule has 0 radical (unpaired) electrons. The molecule has 5 heteroatoms. The molecule has 1 saturated carbocycles. The van der Waals surface area contributed by atoms with Crippen LogP contribution in [0.5, 0.6) is 0 Å². The van der Waals surface area contributed by atoms with Gasteiger partial charge >= 0.3 is 0 Å². The molecule has 1 amide bonds. The van der Waals surface area contributed by atoms with Gasteiger partial charge in [0.05, 0.1) is 11.7 Å². The van der Waals surface area contributed by atoms with Gasteiger partial charge in [0.1, 0.15) is 5.82 Å². The molecule has 3 aliphatic heterocycles. The fraction of sp³-hybridized carbons (Fsp3) is 0.667. The van der Waals surface area contributed by atoms with E-state index >= 15 is 0 Å². The molecule has 4 nitrogen and oxygen atoms in total. The van der Waals surface area contributed by atoms with E-state index in [1.165, 1.54) is 31.5 Å². The summed E-state index contributed by atoms with van der Waals surface area (Å²) in [6.45, 7) is 5.82. The molecule has 1 aromatic carbocycles. The highest BCUT2D eigenvalue weighted by Gasteiger charge is 2.62. The van der Waals surface area contributed by atoms with Crippen molar-refractivity contribution in [3.05, 3.63) is 35.1 Å². The zero-order valence-electron chi connectivity index (χ0n) is 15.3. The number of fused-ring (bicyclic) bond motifs is 1. The molecule has 4 fully saturated rings. The van der Waals surface area contributed by atoms with Crippen LogP contribution in [-0.4, -0.2) is 48.7 Å². The van der Waals surface area contributed by atoms with Gasteiger partial charge < -0.3 is 10.1 Å². The largest absolute Gasteiger partial charge is 0.370 e. The van der Waals surface area contributed by atoms with Gasteiger partial charge in [-0.3, -0.25) is 9.69 Å². The number of carbonyl (C=O) groups excluding carboxylic acids is 1. The Labute approximate surface area is 154 Å². The van der Waals surface area contributed by atoms with Crippen LogP contribution < -0.4 is 5.32 Å². The highest BCUT2D eigenvalue weighted by molar-refractivity contribution is 5.94. The van der Waals surface area contributed by atoms with Gasteiger partial charge in [0.25, 0.3) is 5.91 Å². The van der Waals surface area contributed by atoms with Gasteiger partial charge in [-0.05, 0) is 62.3 Å². The Bertz CT molecular complexity index is 714. The van der Waals surface area contributed by atoms with E-state index in [1.807, 2.05) is 0 Å². The number of hydrogen-bond donors (Lipinski definition) is 1. The molecule has 26 heavy (non-hydrogen) atoms. The summed E-state index contributed by atoms with van der Waals surface area (Å²) in [6.07, 6.45) is 5.30. The van der Waals surface area contributed by atoms with Crippen molar-refractivity contribution in [1.29, 1.82) is 0 Å². The van der Waals surface area contributed by atoms with Gasteiger partial charge in [-0.2, -0.15) is 0 Å². The van der Waals surface area contributed by atoms with E-state index in [4.69, 9.17) is 4.74 Å². The molecular formula is C21H27FN2O2. The number of aryl methyl sites for hydroxylation is 1. The van der Waals surface area contributed by atoms with E-state index in [-0.39, 0.29) is 23.4 Å². The number of rotatable bonds is 5. The van der Waals surface area contributed by atoms with Crippen molar-refractivity contribution in [2.75, 3.05) is 26.2 Å². The third kappa shape index (κ3) is 2.85. The molecule has 4 atom stereocenters. The molecule has 4 aliphatic rings. The minimum atomic E-state index is -0.358. The van der Waals surface area contributed by atoms with Crippen LogP contribution in [-0.2, 0) is 4.74 Å². The van der Waals surface area contributed by atoms with E-state index in [9.17, 15) is 9.18 Å². The fourth-order valence-electron chi connectivity index (χ4n) is 5.54. The van der Waals surface area contributed by atoms with E-state index in [2.05, 4.69) is 10.2 Å². The van der Waals surface area contributed by atoms with E-state index in [1.54, 1.807) is 13.0 Å². The third-order valence-corrected chi connectivity index (χ3v) is 6.87. The summed E-state index contributed by atoms with van der Waals surface area (Å²) >= 11 is 0. The van der Waals surface area contributed by atoms with E-state index in [0.29, 0.717) is 23.9 Å². The second-order valence-electron chi connectivity index (χ2n) is 8.89. The Morgan fingerprint density at radius 3 is 2.96 bits per heavy atom. The minimum absolute atomic E-state index is 0.0321. The predicted octanol–water partition coefficient (Wildman–Crippen LogP) is 2.75. The molecule has 1 aliphatic carbocycles. The van der Waals surface area contributed by atoms with Gasteiger partial charge in [0, 0.05) is 43.6 Å². The molecule has 1 spiro atoms. The number of benzene rings is 1. The fourth-order valence-corrected chi connectivity index (χ4v) is 5.54. The first-order valence-corrected chi connectivity index (χ1v) is 9.98. The zero-order chi connectivity index (χ0) is 17.9. The van der Waals surface area contributed by atoms with Crippen LogP contribution in [0.2, 0.25) is 0 Å². The molecule has 3 heterocycles. The molecule has 1 aromatic rings. The molecule has 5 rings (SSSR count). The van der Waals surface area contributed by atoms with Crippen LogP contribution in [0.15, 0.2) is 18.2 Å². The average molecular weight is 358 g/mol. The van der Waals surface area contributed by atoms with E-state index in [0.717, 1.165) is 37.4 Å². The van der Waals surface area contributed by atoms with Crippen LogP contribution in [0.4, 0.5) is 4.39 Å². The van der Waals surface area contributed by atoms with Crippen LogP contribution in [0.25, 0.3) is 0 Å². The molecule has 3 saturated heterocycles. The van der Waals surface area contributed by atoms with Crippen LogP contribution >= 0.6 is 0 Å². The van der Waals surface area contributed by atoms with Crippen LogP contribution in [0.3, 0.4) is 0 Å². The maximum atomic E-state index is 13.6. The maximum Gasteiger partial charge on any atom is 0.251 e. The van der Waals surface area contributed by atoms with E-state index < -0.39 is 0 Å². The zero-order valence-corrected chi connectivity index (χ0v) is 15.3. The number of ether oxygens (including phenoxy) is 1. The number of hydrogen-bond acceptors (Lipinski definition) is 3. The quantitative estimate of drug-likeness (QED) is 0.880. The van der Waals surface area contributed by atoms with Gasteiger partial charge in [-0.1, -0.05) is 0 Å². The molecular weight excluding hydrogens is 331 g/mol.